The molecule has 5 rings (SSSR count). The second-order valence-electron chi connectivity index (χ2n) is 9.33. The third kappa shape index (κ3) is 4.40. The van der Waals surface area contributed by atoms with Crippen molar-refractivity contribution in [2.24, 2.45) is 0 Å². The van der Waals surface area contributed by atoms with Gasteiger partial charge in [-0.05, 0) is 34.6 Å². The summed E-state index contributed by atoms with van der Waals surface area (Å²) in [7, 11) is 0. The van der Waals surface area contributed by atoms with Gasteiger partial charge in [0.05, 0.1) is 5.69 Å². The minimum Gasteiger partial charge on any atom is -0.372 e. The van der Waals surface area contributed by atoms with Gasteiger partial charge in [-0.2, -0.15) is 0 Å². The molecule has 0 amide bonds. The molecule has 172 valence electrons. The summed E-state index contributed by atoms with van der Waals surface area (Å²) in [4.78, 5) is 5.19. The van der Waals surface area contributed by atoms with Crippen molar-refractivity contribution in [3.05, 3.63) is 105 Å². The van der Waals surface area contributed by atoms with Crippen LogP contribution in [0.3, 0.4) is 0 Å². The summed E-state index contributed by atoms with van der Waals surface area (Å²) in [5.74, 6) is 0.864. The Morgan fingerprint density at radius 1 is 0.706 bits per heavy atom. The lowest BCUT2D eigenvalue weighted by Crippen LogP contribution is -2.16. The third-order valence-electron chi connectivity index (χ3n) is 6.32. The summed E-state index contributed by atoms with van der Waals surface area (Å²) in [5.41, 5.74) is 7.47. The number of rotatable bonds is 7. The number of anilines is 1. The largest absolute Gasteiger partial charge is 0.372 e. The first-order valence-electron chi connectivity index (χ1n) is 11.9. The molecule has 1 unspecified atom stereocenters. The zero-order chi connectivity index (χ0) is 23.7. The third-order valence-corrected chi connectivity index (χ3v) is 8.19. The summed E-state index contributed by atoms with van der Waals surface area (Å²) >= 11 is 3.52. The predicted molar refractivity (Wildman–Crippen MR) is 149 cm³/mol. The minimum atomic E-state index is -0.0118. The van der Waals surface area contributed by atoms with Crippen molar-refractivity contribution in [1.82, 2.24) is 4.98 Å². The van der Waals surface area contributed by atoms with Crippen molar-refractivity contribution in [3.8, 4) is 11.3 Å². The molecule has 2 aromatic heterocycles. The van der Waals surface area contributed by atoms with Crippen molar-refractivity contribution in [2.75, 3.05) is 5.32 Å². The zero-order valence-electron chi connectivity index (χ0n) is 20.1. The van der Waals surface area contributed by atoms with Crippen molar-refractivity contribution in [3.63, 3.8) is 0 Å². The molecule has 5 aromatic rings. The van der Waals surface area contributed by atoms with Crippen molar-refractivity contribution < 1.29 is 0 Å². The topological polar surface area (TPSA) is 24.9 Å². The molecule has 34 heavy (non-hydrogen) atoms. The fourth-order valence-corrected chi connectivity index (χ4v) is 6.36. The molecule has 1 atom stereocenters. The average molecular weight is 483 g/mol. The van der Waals surface area contributed by atoms with Gasteiger partial charge in [-0.15, -0.1) is 22.7 Å². The summed E-state index contributed by atoms with van der Waals surface area (Å²) < 4.78 is 1.30. The van der Waals surface area contributed by atoms with Crippen LogP contribution < -0.4 is 5.32 Å². The van der Waals surface area contributed by atoms with E-state index in [1.807, 2.05) is 0 Å². The molecule has 0 fully saturated rings. The quantitative estimate of drug-likeness (QED) is 0.250. The van der Waals surface area contributed by atoms with Crippen molar-refractivity contribution in [1.29, 1.82) is 0 Å². The van der Waals surface area contributed by atoms with Crippen LogP contribution in [0.5, 0.6) is 0 Å². The van der Waals surface area contributed by atoms with Crippen LogP contribution in [0.2, 0.25) is 0 Å². The maximum absolute atomic E-state index is 5.19. The summed E-state index contributed by atoms with van der Waals surface area (Å²) in [5, 5.41) is 10.8. The summed E-state index contributed by atoms with van der Waals surface area (Å²) in [6.07, 6.45) is 0. The second kappa shape index (κ2) is 9.73. The molecule has 0 saturated carbocycles. The number of thiazole rings is 1. The number of fused-ring (bicyclic) bond motifs is 1. The number of nitrogens with zero attached hydrogens (tertiary/aromatic N) is 1. The molecule has 0 aliphatic rings. The molecule has 0 bridgehead atoms. The Balaban J connectivity index is 1.60. The first-order chi connectivity index (χ1) is 16.5. The van der Waals surface area contributed by atoms with E-state index < -0.39 is 0 Å². The molecule has 2 nitrogen and oxygen atoms in total. The lowest BCUT2D eigenvalue weighted by molar-refractivity contribution is 0.820. The molecular formula is C30H30N2S2. The van der Waals surface area contributed by atoms with Gasteiger partial charge in [0.1, 0.15) is 11.0 Å². The molecular weight excluding hydrogens is 452 g/mol. The Morgan fingerprint density at radius 2 is 1.38 bits per heavy atom. The Bertz CT molecular complexity index is 1370. The van der Waals surface area contributed by atoms with Gasteiger partial charge in [0.15, 0.2) is 0 Å². The van der Waals surface area contributed by atoms with E-state index in [9.17, 15) is 0 Å². The number of hydrogen-bond acceptors (Lipinski definition) is 4. The van der Waals surface area contributed by atoms with E-state index >= 15 is 0 Å². The van der Waals surface area contributed by atoms with Crippen LogP contribution >= 0.6 is 22.7 Å². The van der Waals surface area contributed by atoms with E-state index in [4.69, 9.17) is 4.98 Å². The van der Waals surface area contributed by atoms with E-state index in [0.29, 0.717) is 11.8 Å². The number of aromatic nitrogens is 1. The number of nitrogens with one attached hydrogen (secondary N) is 1. The molecule has 0 saturated heterocycles. The monoisotopic (exact) mass is 482 g/mol. The Labute approximate surface area is 210 Å². The van der Waals surface area contributed by atoms with E-state index in [1.165, 1.54) is 38.0 Å². The predicted octanol–water partition coefficient (Wildman–Crippen LogP) is 9.47. The van der Waals surface area contributed by atoms with Crippen LogP contribution in [0.15, 0.2) is 83.6 Å². The SMILES string of the molecule is CC(C)c1cccc(C(C)C)c1NC(c1ccccc1)c1nc(-c2csc3ccccc23)cs1. The van der Waals surface area contributed by atoms with Gasteiger partial charge in [-0.3, -0.25) is 0 Å². The molecule has 4 heteroatoms. The first-order valence-corrected chi connectivity index (χ1v) is 13.6. The van der Waals surface area contributed by atoms with Gasteiger partial charge in [0, 0.05) is 32.1 Å². The lowest BCUT2D eigenvalue weighted by atomic mass is 9.92. The van der Waals surface area contributed by atoms with E-state index in [-0.39, 0.29) is 6.04 Å². The van der Waals surface area contributed by atoms with Crippen LogP contribution in [0.1, 0.15) is 67.3 Å². The van der Waals surface area contributed by atoms with Crippen LogP contribution in [0, 0.1) is 0 Å². The highest BCUT2D eigenvalue weighted by Crippen LogP contribution is 2.39. The van der Waals surface area contributed by atoms with Gasteiger partial charge in [-0.25, -0.2) is 4.98 Å². The molecule has 1 N–H and O–H groups in total. The van der Waals surface area contributed by atoms with Crippen molar-refractivity contribution >= 4 is 38.4 Å². The van der Waals surface area contributed by atoms with Gasteiger partial charge in [0.25, 0.3) is 0 Å². The standard InChI is InChI=1S/C30H30N2S2/c1-19(2)22-14-10-15-23(20(3)4)29(22)32-28(21-11-6-5-7-12-21)30-31-26(18-34-30)25-17-33-27-16-9-8-13-24(25)27/h5-20,28,32H,1-4H3. The normalized spacial score (nSPS) is 12.5. The first kappa shape index (κ1) is 22.8. The summed E-state index contributed by atoms with van der Waals surface area (Å²) in [6, 6.07) is 26.0. The van der Waals surface area contributed by atoms with Crippen LogP contribution in [0.4, 0.5) is 5.69 Å². The molecule has 0 spiro atoms. The second-order valence-corrected chi connectivity index (χ2v) is 11.1. The van der Waals surface area contributed by atoms with Crippen molar-refractivity contribution in [2.45, 2.75) is 45.6 Å². The Kier molecular flexibility index (Phi) is 6.53. The van der Waals surface area contributed by atoms with Gasteiger partial charge < -0.3 is 5.32 Å². The van der Waals surface area contributed by atoms with E-state index in [1.54, 1.807) is 22.7 Å². The molecule has 3 aromatic carbocycles. The Hall–Kier alpha value is -2.95. The highest BCUT2D eigenvalue weighted by molar-refractivity contribution is 7.17. The fourth-order valence-electron chi connectivity index (χ4n) is 4.52. The van der Waals surface area contributed by atoms with Crippen LogP contribution in [0.25, 0.3) is 21.3 Å². The fraction of sp³-hybridized carbons (Fsp3) is 0.233. The molecule has 0 radical (unpaired) electrons. The molecule has 2 heterocycles. The number of para-hydroxylation sites is 1. The van der Waals surface area contributed by atoms with E-state index in [2.05, 4.69) is 117 Å². The number of thiophene rings is 1. The summed E-state index contributed by atoms with van der Waals surface area (Å²) in [6.45, 7) is 9.08. The minimum absolute atomic E-state index is 0.0118. The smallest absolute Gasteiger partial charge is 0.120 e. The highest BCUT2D eigenvalue weighted by Gasteiger charge is 2.23. The highest BCUT2D eigenvalue weighted by atomic mass is 32.1. The molecule has 0 aliphatic carbocycles. The number of benzene rings is 3. The van der Waals surface area contributed by atoms with E-state index in [0.717, 1.165) is 10.7 Å². The van der Waals surface area contributed by atoms with Gasteiger partial charge >= 0.3 is 0 Å². The van der Waals surface area contributed by atoms with Crippen LogP contribution in [-0.4, -0.2) is 4.98 Å². The van der Waals surface area contributed by atoms with Gasteiger partial charge in [0.2, 0.25) is 0 Å². The number of hydrogen-bond donors (Lipinski definition) is 1. The van der Waals surface area contributed by atoms with Gasteiger partial charge in [-0.1, -0.05) is 94.4 Å². The zero-order valence-corrected chi connectivity index (χ0v) is 21.7. The maximum atomic E-state index is 5.19. The Morgan fingerprint density at radius 3 is 2.09 bits per heavy atom. The van der Waals surface area contributed by atoms with Crippen LogP contribution in [-0.2, 0) is 0 Å². The maximum Gasteiger partial charge on any atom is 0.120 e. The average Bonchev–Trinajstić information content (AvgIpc) is 3.50. The molecule has 0 aliphatic heterocycles. The lowest BCUT2D eigenvalue weighted by Gasteiger charge is -2.26.